The standard InChI is InChI=1S/C18H18BrFN8O/c19-11-3-6-14-13(9-11)21-15(26(14)8-2-1-7-20)10-27-16-17(23-25-24-22-16)28(18(27)29)12-4-5-12/h3,6,9,12H,1-2,4-5,7-8,10H2. The van der Waals surface area contributed by atoms with E-state index < -0.39 is 0 Å². The van der Waals surface area contributed by atoms with Crippen molar-refractivity contribution in [1.29, 1.82) is 0 Å². The van der Waals surface area contributed by atoms with Crippen LogP contribution >= 0.6 is 15.9 Å². The van der Waals surface area contributed by atoms with Gasteiger partial charge >= 0.3 is 5.69 Å². The third-order valence-corrected chi connectivity index (χ3v) is 5.70. The maximum Gasteiger partial charge on any atom is 0.332 e. The molecule has 0 N–H and O–H groups in total. The molecule has 1 saturated carbocycles. The maximum absolute atomic E-state index is 13.1. The van der Waals surface area contributed by atoms with Crippen molar-refractivity contribution < 1.29 is 4.39 Å². The van der Waals surface area contributed by atoms with Gasteiger partial charge in [-0.1, -0.05) is 15.9 Å². The molecule has 0 saturated heterocycles. The van der Waals surface area contributed by atoms with Crippen LogP contribution in [0.5, 0.6) is 0 Å². The summed E-state index contributed by atoms with van der Waals surface area (Å²) in [6, 6.07) is 6.01. The molecular weight excluding hydrogens is 443 g/mol. The minimum Gasteiger partial charge on any atom is -0.326 e. The van der Waals surface area contributed by atoms with Crippen LogP contribution in [0.3, 0.4) is 0 Å². The number of rotatable bonds is 7. The van der Waals surface area contributed by atoms with Crippen LogP contribution in [0.25, 0.3) is 22.3 Å². The Morgan fingerprint density at radius 2 is 1.90 bits per heavy atom. The predicted molar refractivity (Wildman–Crippen MR) is 107 cm³/mol. The summed E-state index contributed by atoms with van der Waals surface area (Å²) in [5, 5.41) is 15.4. The quantitative estimate of drug-likeness (QED) is 0.393. The highest BCUT2D eigenvalue weighted by Gasteiger charge is 2.31. The zero-order chi connectivity index (χ0) is 20.0. The number of alkyl halides is 1. The van der Waals surface area contributed by atoms with E-state index in [-0.39, 0.29) is 25.0 Å². The number of nitrogens with zero attached hydrogens (tertiary/aromatic N) is 8. The first-order valence-corrected chi connectivity index (χ1v) is 10.3. The minimum absolute atomic E-state index is 0.143. The van der Waals surface area contributed by atoms with E-state index in [2.05, 4.69) is 36.6 Å². The van der Waals surface area contributed by atoms with E-state index in [0.717, 1.165) is 28.3 Å². The van der Waals surface area contributed by atoms with Crippen LogP contribution in [-0.2, 0) is 13.1 Å². The first kappa shape index (κ1) is 18.3. The molecule has 11 heteroatoms. The van der Waals surface area contributed by atoms with Gasteiger partial charge in [0.15, 0.2) is 0 Å². The molecule has 150 valence electrons. The summed E-state index contributed by atoms with van der Waals surface area (Å²) in [7, 11) is 0. The van der Waals surface area contributed by atoms with Crippen molar-refractivity contribution in [2.45, 2.75) is 44.8 Å². The lowest BCUT2D eigenvalue weighted by molar-refractivity contribution is 0.446. The Morgan fingerprint density at radius 3 is 2.66 bits per heavy atom. The van der Waals surface area contributed by atoms with Crippen molar-refractivity contribution in [3.63, 3.8) is 0 Å². The van der Waals surface area contributed by atoms with Gasteiger partial charge in [0.25, 0.3) is 0 Å². The second-order valence-corrected chi connectivity index (χ2v) is 8.12. The largest absolute Gasteiger partial charge is 0.332 e. The Morgan fingerprint density at radius 1 is 1.10 bits per heavy atom. The minimum atomic E-state index is -0.351. The molecule has 1 aliphatic rings. The number of hydrogen-bond acceptors (Lipinski definition) is 6. The Kier molecular flexibility index (Phi) is 4.61. The number of hydrogen-bond donors (Lipinski definition) is 0. The molecule has 0 radical (unpaired) electrons. The maximum atomic E-state index is 13.1. The van der Waals surface area contributed by atoms with Gasteiger partial charge in [0.2, 0.25) is 11.3 Å². The van der Waals surface area contributed by atoms with Crippen LogP contribution in [-0.4, -0.2) is 46.0 Å². The van der Waals surface area contributed by atoms with Crippen molar-refractivity contribution >= 4 is 38.3 Å². The van der Waals surface area contributed by atoms with Crippen LogP contribution in [0.15, 0.2) is 27.5 Å². The lowest BCUT2D eigenvalue weighted by Crippen LogP contribution is -2.25. The van der Waals surface area contributed by atoms with Crippen LogP contribution in [0.1, 0.15) is 37.5 Å². The molecule has 0 spiro atoms. The van der Waals surface area contributed by atoms with E-state index in [0.29, 0.717) is 36.5 Å². The molecule has 1 fully saturated rings. The van der Waals surface area contributed by atoms with Crippen LogP contribution in [0.4, 0.5) is 4.39 Å². The van der Waals surface area contributed by atoms with Crippen LogP contribution in [0.2, 0.25) is 0 Å². The molecule has 9 nitrogen and oxygen atoms in total. The first-order valence-electron chi connectivity index (χ1n) is 9.55. The SMILES string of the molecule is O=c1n(Cc2nc3cc(Br)ccc3n2CCCCF)c2nnnnc2n1C1CC1. The van der Waals surface area contributed by atoms with Crippen molar-refractivity contribution in [1.82, 2.24) is 39.3 Å². The fourth-order valence-corrected chi connectivity index (χ4v) is 4.04. The number of benzene rings is 1. The third-order valence-electron chi connectivity index (χ3n) is 5.21. The highest BCUT2D eigenvalue weighted by molar-refractivity contribution is 9.10. The second-order valence-electron chi connectivity index (χ2n) is 7.20. The number of imidazole rings is 2. The molecule has 0 atom stereocenters. The van der Waals surface area contributed by atoms with Gasteiger partial charge in [-0.2, -0.15) is 0 Å². The van der Waals surface area contributed by atoms with Gasteiger partial charge in [0, 0.05) is 17.1 Å². The highest BCUT2D eigenvalue weighted by Crippen LogP contribution is 2.35. The predicted octanol–water partition coefficient (Wildman–Crippen LogP) is 2.63. The number of unbranched alkanes of at least 4 members (excludes halogenated alkanes) is 1. The highest BCUT2D eigenvalue weighted by atomic mass is 79.9. The second kappa shape index (κ2) is 7.29. The molecule has 29 heavy (non-hydrogen) atoms. The average molecular weight is 461 g/mol. The molecule has 1 aliphatic carbocycles. The monoisotopic (exact) mass is 460 g/mol. The summed E-state index contributed by atoms with van der Waals surface area (Å²) >= 11 is 3.48. The normalized spacial score (nSPS) is 14.3. The summed E-state index contributed by atoms with van der Waals surface area (Å²) in [5.41, 5.74) is 2.45. The molecular formula is C18H18BrFN8O. The van der Waals surface area contributed by atoms with E-state index in [4.69, 9.17) is 4.98 Å². The first-order chi connectivity index (χ1) is 14.2. The molecule has 4 aromatic rings. The summed E-state index contributed by atoms with van der Waals surface area (Å²) in [6.45, 7) is 0.506. The van der Waals surface area contributed by atoms with Gasteiger partial charge in [-0.25, -0.2) is 9.78 Å². The smallest absolute Gasteiger partial charge is 0.326 e. The van der Waals surface area contributed by atoms with Crippen LogP contribution in [0, 0.1) is 0 Å². The molecule has 1 aromatic carbocycles. The molecule has 0 unspecified atom stereocenters. The van der Waals surface area contributed by atoms with E-state index >= 15 is 0 Å². The van der Waals surface area contributed by atoms with E-state index in [9.17, 15) is 9.18 Å². The number of halogens is 2. The number of fused-ring (bicyclic) bond motifs is 2. The van der Waals surface area contributed by atoms with Gasteiger partial charge in [0.1, 0.15) is 5.82 Å². The molecule has 3 aromatic heterocycles. The Labute approximate surface area is 172 Å². The van der Waals surface area contributed by atoms with Gasteiger partial charge in [-0.05, 0) is 54.3 Å². The van der Waals surface area contributed by atoms with E-state index in [1.807, 2.05) is 22.8 Å². The lowest BCUT2D eigenvalue weighted by Gasteiger charge is -2.09. The summed E-state index contributed by atoms with van der Waals surface area (Å²) < 4.78 is 18.8. The summed E-state index contributed by atoms with van der Waals surface area (Å²) in [6.07, 6.45) is 3.06. The Bertz CT molecular complexity index is 1260. The number of aromatic nitrogens is 8. The van der Waals surface area contributed by atoms with Gasteiger partial charge in [-0.15, -0.1) is 10.2 Å². The Balaban J connectivity index is 1.63. The lowest BCUT2D eigenvalue weighted by atomic mass is 10.3. The zero-order valence-electron chi connectivity index (χ0n) is 15.5. The Hall–Kier alpha value is -2.69. The van der Waals surface area contributed by atoms with E-state index in [1.165, 1.54) is 0 Å². The van der Waals surface area contributed by atoms with Crippen molar-refractivity contribution in [2.75, 3.05) is 6.67 Å². The van der Waals surface area contributed by atoms with Gasteiger partial charge < -0.3 is 4.57 Å². The van der Waals surface area contributed by atoms with Crippen molar-refractivity contribution in [2.24, 2.45) is 0 Å². The topological polar surface area (TPSA) is 96.3 Å². The fraction of sp³-hybridized carbons (Fsp3) is 0.444. The fourth-order valence-electron chi connectivity index (χ4n) is 3.69. The molecule has 0 amide bonds. The third kappa shape index (κ3) is 3.22. The summed E-state index contributed by atoms with van der Waals surface area (Å²) in [5.74, 6) is 0.715. The molecule has 0 aliphatic heterocycles. The van der Waals surface area contributed by atoms with Crippen molar-refractivity contribution in [3.8, 4) is 0 Å². The average Bonchev–Trinajstić information content (AvgIpc) is 3.44. The molecule has 3 heterocycles. The van der Waals surface area contributed by atoms with Crippen molar-refractivity contribution in [3.05, 3.63) is 39.0 Å². The van der Waals surface area contributed by atoms with Crippen LogP contribution < -0.4 is 5.69 Å². The molecule has 0 bridgehead atoms. The molecule has 5 rings (SSSR count). The van der Waals surface area contributed by atoms with E-state index in [1.54, 1.807) is 9.13 Å². The number of aryl methyl sites for hydroxylation is 1. The van der Waals surface area contributed by atoms with Gasteiger partial charge in [-0.3, -0.25) is 13.5 Å². The van der Waals surface area contributed by atoms with Gasteiger partial charge in [0.05, 0.1) is 24.3 Å². The zero-order valence-corrected chi connectivity index (χ0v) is 17.1. The summed E-state index contributed by atoms with van der Waals surface area (Å²) in [4.78, 5) is 17.9.